The minimum Gasteiger partial charge on any atom is -0.205 e. The van der Waals surface area contributed by atoms with Gasteiger partial charge >= 0.3 is 0 Å². The van der Waals surface area contributed by atoms with Crippen molar-refractivity contribution in [1.82, 2.24) is 0 Å². The summed E-state index contributed by atoms with van der Waals surface area (Å²) in [5, 5.41) is 0.669. The van der Waals surface area contributed by atoms with E-state index in [-0.39, 0.29) is 10.5 Å². The van der Waals surface area contributed by atoms with Crippen LogP contribution in [0.5, 0.6) is 0 Å². The van der Waals surface area contributed by atoms with E-state index in [2.05, 4.69) is 6.08 Å². The van der Waals surface area contributed by atoms with Crippen molar-refractivity contribution < 1.29 is 13.2 Å². The van der Waals surface area contributed by atoms with Gasteiger partial charge in [0.2, 0.25) is 0 Å². The van der Waals surface area contributed by atoms with E-state index >= 15 is 4.39 Å². The molecule has 1 atom stereocenters. The maximum Gasteiger partial charge on any atom is 0.176 e. The zero-order valence-electron chi connectivity index (χ0n) is 15.3. The third-order valence-electron chi connectivity index (χ3n) is 6.85. The smallest absolute Gasteiger partial charge is 0.176 e. The molecule has 1 aromatic carbocycles. The fourth-order valence-electron chi connectivity index (χ4n) is 5.36. The Morgan fingerprint density at radius 2 is 1.70 bits per heavy atom. The Morgan fingerprint density at radius 3 is 2.44 bits per heavy atom. The van der Waals surface area contributed by atoms with Crippen molar-refractivity contribution >= 4 is 27.2 Å². The van der Waals surface area contributed by atoms with Gasteiger partial charge in [-0.3, -0.25) is 0 Å². The number of aryl methyl sites for hydroxylation is 1. The van der Waals surface area contributed by atoms with Crippen LogP contribution in [0, 0.1) is 23.5 Å². The van der Waals surface area contributed by atoms with E-state index in [1.54, 1.807) is 6.07 Å². The highest BCUT2D eigenvalue weighted by Crippen LogP contribution is 2.47. The Balaban J connectivity index is 1.48. The lowest BCUT2D eigenvalue weighted by molar-refractivity contribution is 0.311. The van der Waals surface area contributed by atoms with Crippen molar-refractivity contribution in [2.45, 2.75) is 57.8 Å². The van der Waals surface area contributed by atoms with Crippen LogP contribution in [0.15, 0.2) is 29.4 Å². The Kier molecular flexibility index (Phi) is 4.42. The van der Waals surface area contributed by atoms with Gasteiger partial charge in [0.25, 0.3) is 0 Å². The lowest BCUT2D eigenvalue weighted by Crippen LogP contribution is -2.16. The average molecular weight is 388 g/mol. The second-order valence-corrected chi connectivity index (χ2v) is 9.27. The van der Waals surface area contributed by atoms with Crippen LogP contribution in [-0.4, -0.2) is 0 Å². The summed E-state index contributed by atoms with van der Waals surface area (Å²) < 4.78 is 43.3. The van der Waals surface area contributed by atoms with E-state index in [1.807, 2.05) is 0 Å². The van der Waals surface area contributed by atoms with Gasteiger partial charge in [-0.15, -0.1) is 11.3 Å². The largest absolute Gasteiger partial charge is 0.205 e. The number of hydrogen-bond donors (Lipinski definition) is 0. The number of benzene rings is 1. The molecule has 1 unspecified atom stereocenters. The molecular formula is C23H23F3S. The van der Waals surface area contributed by atoms with E-state index in [1.165, 1.54) is 25.7 Å². The minimum atomic E-state index is -0.862. The van der Waals surface area contributed by atoms with Gasteiger partial charge in [0.1, 0.15) is 5.83 Å². The fourth-order valence-corrected chi connectivity index (χ4v) is 6.61. The van der Waals surface area contributed by atoms with Crippen LogP contribution in [0.3, 0.4) is 0 Å². The molecule has 0 aliphatic heterocycles. The number of allylic oxidation sites excluding steroid dienone is 3. The summed E-state index contributed by atoms with van der Waals surface area (Å²) >= 11 is 1.06. The Hall–Kier alpha value is -1.55. The highest BCUT2D eigenvalue weighted by atomic mass is 32.1. The number of hydrogen-bond acceptors (Lipinski definition) is 1. The first kappa shape index (κ1) is 17.5. The van der Waals surface area contributed by atoms with Crippen molar-refractivity contribution in [3.63, 3.8) is 0 Å². The summed E-state index contributed by atoms with van der Waals surface area (Å²) in [6.45, 7) is 0. The fraction of sp³-hybridized carbons (Fsp3) is 0.478. The first-order valence-electron chi connectivity index (χ1n) is 10.1. The topological polar surface area (TPSA) is 0 Å². The van der Waals surface area contributed by atoms with Gasteiger partial charge in [0, 0.05) is 0 Å². The molecule has 1 fully saturated rings. The van der Waals surface area contributed by atoms with Crippen LogP contribution in [-0.2, 0) is 6.42 Å². The molecule has 0 radical (unpaired) electrons. The second kappa shape index (κ2) is 6.80. The summed E-state index contributed by atoms with van der Waals surface area (Å²) in [5.74, 6) is -0.292. The molecule has 0 bridgehead atoms. The molecule has 1 aromatic heterocycles. The Bertz CT molecular complexity index is 960. The van der Waals surface area contributed by atoms with Gasteiger partial charge in [0.05, 0.1) is 9.58 Å². The van der Waals surface area contributed by atoms with Gasteiger partial charge in [-0.1, -0.05) is 37.8 Å². The molecule has 142 valence electrons. The normalized spacial score (nSPS) is 23.8. The third kappa shape index (κ3) is 2.88. The SMILES string of the molecule is FC1=C(C2=CCC(C3CCCC3)CC2)CCc2c1sc1c(F)c(F)ccc21. The lowest BCUT2D eigenvalue weighted by Gasteiger charge is -2.29. The summed E-state index contributed by atoms with van der Waals surface area (Å²) in [4.78, 5) is 0.509. The average Bonchev–Trinajstić information content (AvgIpc) is 3.34. The Morgan fingerprint density at radius 1 is 0.889 bits per heavy atom. The van der Waals surface area contributed by atoms with E-state index in [0.29, 0.717) is 23.1 Å². The zero-order valence-corrected chi connectivity index (χ0v) is 16.1. The monoisotopic (exact) mass is 388 g/mol. The number of rotatable bonds is 2. The molecule has 1 heterocycles. The van der Waals surface area contributed by atoms with Crippen LogP contribution in [0.2, 0.25) is 0 Å². The van der Waals surface area contributed by atoms with E-state index in [4.69, 9.17) is 0 Å². The second-order valence-electron chi connectivity index (χ2n) is 8.25. The first-order chi connectivity index (χ1) is 13.1. The molecule has 0 spiro atoms. The van der Waals surface area contributed by atoms with Crippen LogP contribution in [0.25, 0.3) is 15.9 Å². The van der Waals surface area contributed by atoms with Crippen LogP contribution >= 0.6 is 11.3 Å². The molecule has 4 heteroatoms. The van der Waals surface area contributed by atoms with Crippen LogP contribution in [0.4, 0.5) is 13.2 Å². The molecule has 0 saturated heterocycles. The van der Waals surface area contributed by atoms with Crippen LogP contribution in [0.1, 0.15) is 61.8 Å². The van der Waals surface area contributed by atoms with Crippen molar-refractivity contribution in [3.05, 3.63) is 51.4 Å². The summed E-state index contributed by atoms with van der Waals surface area (Å²) in [6.07, 6.45) is 12.2. The van der Waals surface area contributed by atoms with Crippen molar-refractivity contribution in [2.24, 2.45) is 11.8 Å². The van der Waals surface area contributed by atoms with Gasteiger partial charge in [-0.25, -0.2) is 13.2 Å². The highest BCUT2D eigenvalue weighted by molar-refractivity contribution is 7.20. The third-order valence-corrected chi connectivity index (χ3v) is 8.08. The van der Waals surface area contributed by atoms with Gasteiger partial charge < -0.3 is 0 Å². The maximum absolute atomic E-state index is 15.3. The summed E-state index contributed by atoms with van der Waals surface area (Å²) in [5.41, 5.74) is 2.80. The molecule has 3 aliphatic carbocycles. The zero-order chi connectivity index (χ0) is 18.5. The number of thiophene rings is 1. The molecular weight excluding hydrogens is 365 g/mol. The summed E-state index contributed by atoms with van der Waals surface area (Å²) in [6, 6.07) is 2.74. The molecule has 3 aliphatic rings. The standard InChI is InChI=1S/C23H23F3S/c24-19-12-11-18-17-10-9-16(20(25)22(17)27-23(18)21(19)26)15-7-5-14(6-8-15)13-3-1-2-4-13/h7,11-14H,1-6,8-10H2. The maximum atomic E-state index is 15.3. The molecule has 0 nitrogen and oxygen atoms in total. The van der Waals surface area contributed by atoms with Gasteiger partial charge in [-0.2, -0.15) is 0 Å². The summed E-state index contributed by atoms with van der Waals surface area (Å²) in [7, 11) is 0. The van der Waals surface area contributed by atoms with E-state index in [0.717, 1.165) is 65.2 Å². The first-order valence-corrected chi connectivity index (χ1v) is 10.9. The Labute approximate surface area is 161 Å². The van der Waals surface area contributed by atoms with E-state index in [9.17, 15) is 8.78 Å². The van der Waals surface area contributed by atoms with Crippen molar-refractivity contribution in [1.29, 1.82) is 0 Å². The van der Waals surface area contributed by atoms with Gasteiger partial charge in [0.15, 0.2) is 11.6 Å². The van der Waals surface area contributed by atoms with Gasteiger partial charge in [-0.05, 0) is 72.1 Å². The molecule has 27 heavy (non-hydrogen) atoms. The number of fused-ring (bicyclic) bond motifs is 3. The van der Waals surface area contributed by atoms with Crippen molar-refractivity contribution in [2.75, 3.05) is 0 Å². The van der Waals surface area contributed by atoms with E-state index < -0.39 is 11.6 Å². The predicted octanol–water partition coefficient (Wildman–Crippen LogP) is 7.72. The minimum absolute atomic E-state index is 0.206. The molecule has 0 amide bonds. The predicted molar refractivity (Wildman–Crippen MR) is 105 cm³/mol. The molecule has 1 saturated carbocycles. The van der Waals surface area contributed by atoms with Crippen LogP contribution < -0.4 is 0 Å². The lowest BCUT2D eigenvalue weighted by atomic mass is 9.77. The quantitative estimate of drug-likeness (QED) is 0.494. The number of halogens is 3. The molecule has 5 rings (SSSR count). The molecule has 0 N–H and O–H groups in total. The molecule has 2 aromatic rings. The van der Waals surface area contributed by atoms with Crippen molar-refractivity contribution in [3.8, 4) is 0 Å². The highest BCUT2D eigenvalue weighted by Gasteiger charge is 2.30.